The van der Waals surface area contributed by atoms with Gasteiger partial charge in [0.05, 0.1) is 17.2 Å². The second kappa shape index (κ2) is 8.48. The van der Waals surface area contributed by atoms with E-state index in [0.29, 0.717) is 17.0 Å². The number of halogens is 3. The van der Waals surface area contributed by atoms with Crippen LogP contribution in [0.5, 0.6) is 0 Å². The number of alkyl halides is 3. The standard InChI is InChI=1S/C17H19F3N2O3S/c1-3-26-9-8-25-15(23)13-10(2)21-16(24)22-14(13)11-4-6-12(7-5-11)17(18,19)20/h4-7,14H,3,8-9H2,1-2H3,(H2,21,22,24). The highest BCUT2D eigenvalue weighted by molar-refractivity contribution is 7.99. The van der Waals surface area contributed by atoms with Crippen molar-refractivity contribution in [2.45, 2.75) is 26.1 Å². The normalized spacial score (nSPS) is 17.6. The highest BCUT2D eigenvalue weighted by Crippen LogP contribution is 2.32. The second-order valence-electron chi connectivity index (χ2n) is 5.52. The Hall–Kier alpha value is -2.16. The van der Waals surface area contributed by atoms with Crippen molar-refractivity contribution in [3.8, 4) is 0 Å². The van der Waals surface area contributed by atoms with Gasteiger partial charge in [-0.3, -0.25) is 0 Å². The summed E-state index contributed by atoms with van der Waals surface area (Å²) in [6.07, 6.45) is -4.46. The Bertz CT molecular complexity index is 702. The van der Waals surface area contributed by atoms with Crippen molar-refractivity contribution in [1.82, 2.24) is 10.6 Å². The number of rotatable bonds is 6. The molecule has 5 nitrogen and oxygen atoms in total. The van der Waals surface area contributed by atoms with Crippen LogP contribution in [0, 0.1) is 0 Å². The summed E-state index contributed by atoms with van der Waals surface area (Å²) in [5.41, 5.74) is 0.0441. The van der Waals surface area contributed by atoms with Gasteiger partial charge in [0.25, 0.3) is 0 Å². The minimum Gasteiger partial charge on any atom is -0.461 e. The Kier molecular flexibility index (Phi) is 6.57. The summed E-state index contributed by atoms with van der Waals surface area (Å²) in [7, 11) is 0. The molecule has 9 heteroatoms. The summed E-state index contributed by atoms with van der Waals surface area (Å²) in [4.78, 5) is 24.2. The summed E-state index contributed by atoms with van der Waals surface area (Å²) < 4.78 is 43.4. The largest absolute Gasteiger partial charge is 0.461 e. The number of hydrogen-bond donors (Lipinski definition) is 2. The molecule has 142 valence electrons. The quantitative estimate of drug-likeness (QED) is 0.577. The monoisotopic (exact) mass is 388 g/mol. The molecule has 0 saturated carbocycles. The molecule has 2 rings (SSSR count). The van der Waals surface area contributed by atoms with Gasteiger partial charge in [0.15, 0.2) is 0 Å². The molecule has 0 saturated heterocycles. The Morgan fingerprint density at radius 1 is 1.27 bits per heavy atom. The second-order valence-corrected chi connectivity index (χ2v) is 6.92. The maximum absolute atomic E-state index is 12.7. The Morgan fingerprint density at radius 2 is 1.92 bits per heavy atom. The molecule has 1 atom stereocenters. The highest BCUT2D eigenvalue weighted by Gasteiger charge is 2.34. The van der Waals surface area contributed by atoms with Gasteiger partial charge >= 0.3 is 18.2 Å². The van der Waals surface area contributed by atoms with E-state index in [2.05, 4.69) is 10.6 Å². The molecule has 0 bridgehead atoms. The van der Waals surface area contributed by atoms with E-state index in [1.165, 1.54) is 12.1 Å². The summed E-state index contributed by atoms with van der Waals surface area (Å²) in [5.74, 6) is 0.918. The number of hydrogen-bond acceptors (Lipinski definition) is 4. The molecule has 2 amide bonds. The van der Waals surface area contributed by atoms with E-state index < -0.39 is 29.8 Å². The SMILES string of the molecule is CCSCCOC(=O)C1=C(C)NC(=O)NC1c1ccc(C(F)(F)F)cc1. The lowest BCUT2D eigenvalue weighted by atomic mass is 9.95. The van der Waals surface area contributed by atoms with Gasteiger partial charge in [0.1, 0.15) is 6.61 Å². The number of allylic oxidation sites excluding steroid dienone is 1. The van der Waals surface area contributed by atoms with Crippen LogP contribution < -0.4 is 10.6 Å². The molecule has 0 aliphatic carbocycles. The zero-order chi connectivity index (χ0) is 19.3. The molecule has 1 aliphatic heterocycles. The first-order chi connectivity index (χ1) is 12.2. The van der Waals surface area contributed by atoms with Crippen molar-refractivity contribution in [3.63, 3.8) is 0 Å². The van der Waals surface area contributed by atoms with Crippen LogP contribution in [0.25, 0.3) is 0 Å². The van der Waals surface area contributed by atoms with Crippen molar-refractivity contribution in [2.24, 2.45) is 0 Å². The molecule has 1 heterocycles. The number of amides is 2. The number of esters is 1. The van der Waals surface area contributed by atoms with Crippen molar-refractivity contribution in [2.75, 3.05) is 18.1 Å². The third kappa shape index (κ3) is 4.94. The van der Waals surface area contributed by atoms with Crippen molar-refractivity contribution >= 4 is 23.8 Å². The van der Waals surface area contributed by atoms with Crippen LogP contribution in [0.15, 0.2) is 35.5 Å². The summed E-state index contributed by atoms with van der Waals surface area (Å²) in [6, 6.07) is 2.90. The van der Waals surface area contributed by atoms with Crippen LogP contribution in [0.1, 0.15) is 31.0 Å². The number of thioether (sulfide) groups is 1. The highest BCUT2D eigenvalue weighted by atomic mass is 32.2. The van der Waals surface area contributed by atoms with Gasteiger partial charge in [-0.05, 0) is 30.4 Å². The number of carbonyl (C=O) groups excluding carboxylic acids is 2. The zero-order valence-corrected chi connectivity index (χ0v) is 15.1. The minimum atomic E-state index is -4.46. The van der Waals surface area contributed by atoms with E-state index in [1.807, 2.05) is 6.92 Å². The van der Waals surface area contributed by atoms with E-state index in [-0.39, 0.29) is 12.2 Å². The van der Waals surface area contributed by atoms with E-state index in [1.54, 1.807) is 18.7 Å². The molecular weight excluding hydrogens is 369 g/mol. The van der Waals surface area contributed by atoms with Gasteiger partial charge in [0.2, 0.25) is 0 Å². The first kappa shape index (κ1) is 20.2. The van der Waals surface area contributed by atoms with Crippen LogP contribution in [0.2, 0.25) is 0 Å². The Morgan fingerprint density at radius 3 is 2.50 bits per heavy atom. The molecule has 1 aromatic carbocycles. The van der Waals surface area contributed by atoms with E-state index in [4.69, 9.17) is 4.74 Å². The Balaban J connectivity index is 2.24. The molecule has 0 aromatic heterocycles. The molecular formula is C17H19F3N2O3S. The summed E-state index contributed by atoms with van der Waals surface area (Å²) in [6.45, 7) is 3.75. The predicted octanol–water partition coefficient (Wildman–Crippen LogP) is 3.63. The molecule has 26 heavy (non-hydrogen) atoms. The first-order valence-electron chi connectivity index (χ1n) is 7.94. The molecule has 0 spiro atoms. The van der Waals surface area contributed by atoms with Crippen LogP contribution in [-0.4, -0.2) is 30.1 Å². The first-order valence-corrected chi connectivity index (χ1v) is 9.09. The van der Waals surface area contributed by atoms with E-state index >= 15 is 0 Å². The summed E-state index contributed by atoms with van der Waals surface area (Å²) >= 11 is 1.61. The fourth-order valence-electron chi connectivity index (χ4n) is 2.49. The molecule has 0 fully saturated rings. The molecule has 1 aliphatic rings. The van der Waals surface area contributed by atoms with Gasteiger partial charge in [-0.25, -0.2) is 9.59 Å². The third-order valence-corrected chi connectivity index (χ3v) is 4.59. The Labute approximate surface area is 153 Å². The fraction of sp³-hybridized carbons (Fsp3) is 0.412. The van der Waals surface area contributed by atoms with Crippen molar-refractivity contribution < 1.29 is 27.5 Å². The lowest BCUT2D eigenvalue weighted by Gasteiger charge is -2.28. The number of carbonyl (C=O) groups is 2. The van der Waals surface area contributed by atoms with Gasteiger partial charge in [0, 0.05) is 11.4 Å². The number of nitrogens with one attached hydrogen (secondary N) is 2. The van der Waals surface area contributed by atoms with Gasteiger partial charge < -0.3 is 15.4 Å². The maximum Gasteiger partial charge on any atom is 0.416 e. The van der Waals surface area contributed by atoms with Gasteiger partial charge in [-0.2, -0.15) is 24.9 Å². The topological polar surface area (TPSA) is 67.4 Å². The van der Waals surface area contributed by atoms with E-state index in [0.717, 1.165) is 17.9 Å². The van der Waals surface area contributed by atoms with Gasteiger partial charge in [-0.1, -0.05) is 19.1 Å². The fourth-order valence-corrected chi connectivity index (χ4v) is 2.98. The average Bonchev–Trinajstić information content (AvgIpc) is 2.57. The predicted molar refractivity (Wildman–Crippen MR) is 92.5 cm³/mol. The minimum absolute atomic E-state index is 0.172. The van der Waals surface area contributed by atoms with Crippen LogP contribution in [-0.2, 0) is 15.7 Å². The summed E-state index contributed by atoms with van der Waals surface area (Å²) in [5, 5.41) is 5.05. The van der Waals surface area contributed by atoms with Gasteiger partial charge in [-0.15, -0.1) is 0 Å². The lowest BCUT2D eigenvalue weighted by Crippen LogP contribution is -2.45. The number of urea groups is 1. The van der Waals surface area contributed by atoms with E-state index in [9.17, 15) is 22.8 Å². The van der Waals surface area contributed by atoms with Crippen LogP contribution in [0.4, 0.5) is 18.0 Å². The van der Waals surface area contributed by atoms with Crippen LogP contribution in [0.3, 0.4) is 0 Å². The molecule has 2 N–H and O–H groups in total. The van der Waals surface area contributed by atoms with Crippen LogP contribution >= 0.6 is 11.8 Å². The van der Waals surface area contributed by atoms with Crippen molar-refractivity contribution in [3.05, 3.63) is 46.7 Å². The third-order valence-electron chi connectivity index (χ3n) is 3.73. The lowest BCUT2D eigenvalue weighted by molar-refractivity contribution is -0.139. The maximum atomic E-state index is 12.7. The smallest absolute Gasteiger partial charge is 0.416 e. The molecule has 0 radical (unpaired) electrons. The molecule has 1 unspecified atom stereocenters. The van der Waals surface area contributed by atoms with Crippen molar-refractivity contribution in [1.29, 1.82) is 0 Å². The molecule has 1 aromatic rings. The number of benzene rings is 1. The average molecular weight is 388 g/mol. The number of ether oxygens (including phenoxy) is 1. The zero-order valence-electron chi connectivity index (χ0n) is 14.3.